The summed E-state index contributed by atoms with van der Waals surface area (Å²) in [6, 6.07) is 5.77. The smallest absolute Gasteiger partial charge is 0.311 e. The molecule has 3 rings (SSSR count). The van der Waals surface area contributed by atoms with Crippen LogP contribution < -0.4 is 9.47 Å². The molecule has 1 atom stereocenters. The monoisotopic (exact) mass is 333 g/mol. The molecule has 2 heterocycles. The maximum atomic E-state index is 12.3. The van der Waals surface area contributed by atoms with Gasteiger partial charge in [-0.05, 0) is 37.5 Å². The Morgan fingerprint density at radius 3 is 2.71 bits per heavy atom. The van der Waals surface area contributed by atoms with Gasteiger partial charge in [0.25, 0.3) is 0 Å². The van der Waals surface area contributed by atoms with Gasteiger partial charge in [0.2, 0.25) is 5.91 Å². The molecule has 2 aliphatic heterocycles. The van der Waals surface area contributed by atoms with E-state index in [2.05, 4.69) is 0 Å². The highest BCUT2D eigenvalue weighted by atomic mass is 16.5. The number of benzene rings is 1. The van der Waals surface area contributed by atoms with Gasteiger partial charge in [-0.2, -0.15) is 0 Å². The Balaban J connectivity index is 1.57. The van der Waals surface area contributed by atoms with E-state index in [9.17, 15) is 14.7 Å². The highest BCUT2D eigenvalue weighted by molar-refractivity contribution is 5.80. The van der Waals surface area contributed by atoms with Crippen LogP contribution in [0.1, 0.15) is 31.7 Å². The molecule has 1 N–H and O–H groups in total. The molecule has 0 unspecified atom stereocenters. The first-order chi connectivity index (χ1) is 11.5. The van der Waals surface area contributed by atoms with Crippen molar-refractivity contribution in [3.63, 3.8) is 0 Å². The fourth-order valence-corrected chi connectivity index (χ4v) is 3.12. The molecule has 24 heavy (non-hydrogen) atoms. The number of hydrogen-bond acceptors (Lipinski definition) is 4. The van der Waals surface area contributed by atoms with Gasteiger partial charge in [-0.3, -0.25) is 9.59 Å². The molecule has 1 aromatic carbocycles. The van der Waals surface area contributed by atoms with E-state index in [4.69, 9.17) is 9.47 Å². The summed E-state index contributed by atoms with van der Waals surface area (Å²) >= 11 is 0. The highest BCUT2D eigenvalue weighted by Crippen LogP contribution is 2.32. The number of ether oxygens (including phenoxy) is 2. The largest absolute Gasteiger partial charge is 0.490 e. The van der Waals surface area contributed by atoms with Crippen LogP contribution in [-0.2, 0) is 16.0 Å². The molecule has 1 amide bonds. The Kier molecular flexibility index (Phi) is 4.64. The van der Waals surface area contributed by atoms with Crippen molar-refractivity contribution < 1.29 is 24.2 Å². The van der Waals surface area contributed by atoms with Crippen molar-refractivity contribution in [2.75, 3.05) is 26.3 Å². The van der Waals surface area contributed by atoms with Crippen LogP contribution in [0, 0.1) is 5.41 Å². The minimum atomic E-state index is -0.833. The zero-order valence-corrected chi connectivity index (χ0v) is 13.9. The predicted molar refractivity (Wildman–Crippen MR) is 87.3 cm³/mol. The summed E-state index contributed by atoms with van der Waals surface area (Å²) in [4.78, 5) is 25.3. The second kappa shape index (κ2) is 6.71. The van der Waals surface area contributed by atoms with Crippen molar-refractivity contribution in [1.82, 2.24) is 4.90 Å². The van der Waals surface area contributed by atoms with Crippen LogP contribution in [0.2, 0.25) is 0 Å². The third-order valence-electron chi connectivity index (χ3n) is 4.78. The van der Waals surface area contributed by atoms with E-state index in [0.29, 0.717) is 45.6 Å². The summed E-state index contributed by atoms with van der Waals surface area (Å²) in [7, 11) is 0. The maximum Gasteiger partial charge on any atom is 0.311 e. The van der Waals surface area contributed by atoms with E-state index < -0.39 is 11.4 Å². The van der Waals surface area contributed by atoms with Crippen LogP contribution in [-0.4, -0.2) is 48.2 Å². The normalized spacial score (nSPS) is 23.0. The zero-order valence-electron chi connectivity index (χ0n) is 13.9. The first-order valence-electron chi connectivity index (χ1n) is 8.38. The van der Waals surface area contributed by atoms with Crippen molar-refractivity contribution >= 4 is 11.9 Å². The average Bonchev–Trinajstić information content (AvgIpc) is 2.83. The van der Waals surface area contributed by atoms with Crippen molar-refractivity contribution in [2.45, 2.75) is 32.6 Å². The minimum Gasteiger partial charge on any atom is -0.490 e. The molecule has 130 valence electrons. The summed E-state index contributed by atoms with van der Waals surface area (Å²) < 4.78 is 11.3. The van der Waals surface area contributed by atoms with Crippen molar-refractivity contribution in [3.05, 3.63) is 23.8 Å². The zero-order chi connectivity index (χ0) is 17.2. The number of carboxylic acid groups (broad SMARTS) is 1. The lowest BCUT2D eigenvalue weighted by Crippen LogP contribution is -2.34. The van der Waals surface area contributed by atoms with Crippen LogP contribution in [0.4, 0.5) is 0 Å². The Labute approximate surface area is 141 Å². The molecule has 0 spiro atoms. The number of aryl methyl sites for hydroxylation is 1. The number of carbonyl (C=O) groups is 2. The summed E-state index contributed by atoms with van der Waals surface area (Å²) in [5.74, 6) is 0.657. The Morgan fingerprint density at radius 1 is 1.25 bits per heavy atom. The molecular formula is C18H23NO5. The molecule has 2 aliphatic rings. The van der Waals surface area contributed by atoms with Crippen LogP contribution >= 0.6 is 0 Å². The molecule has 0 bridgehead atoms. The molecule has 6 nitrogen and oxygen atoms in total. The molecule has 1 aromatic rings. The lowest BCUT2D eigenvalue weighted by Gasteiger charge is -2.20. The van der Waals surface area contributed by atoms with Crippen LogP contribution in [0.15, 0.2) is 18.2 Å². The molecule has 0 radical (unpaired) electrons. The lowest BCUT2D eigenvalue weighted by atomic mass is 9.90. The van der Waals surface area contributed by atoms with E-state index >= 15 is 0 Å². The average molecular weight is 333 g/mol. The second-order valence-corrected chi connectivity index (χ2v) is 6.76. The molecule has 0 aliphatic carbocycles. The van der Waals surface area contributed by atoms with Gasteiger partial charge >= 0.3 is 5.97 Å². The molecule has 0 aromatic heterocycles. The van der Waals surface area contributed by atoms with E-state index in [-0.39, 0.29) is 5.91 Å². The lowest BCUT2D eigenvalue weighted by molar-refractivity contribution is -0.147. The van der Waals surface area contributed by atoms with E-state index in [1.165, 1.54) is 0 Å². The van der Waals surface area contributed by atoms with E-state index in [0.717, 1.165) is 23.5 Å². The number of nitrogens with zero attached hydrogens (tertiary/aromatic N) is 1. The highest BCUT2D eigenvalue weighted by Gasteiger charge is 2.41. The van der Waals surface area contributed by atoms with Crippen molar-refractivity contribution in [2.24, 2.45) is 5.41 Å². The van der Waals surface area contributed by atoms with Crippen molar-refractivity contribution in [3.8, 4) is 11.5 Å². The summed E-state index contributed by atoms with van der Waals surface area (Å²) in [5.41, 5.74) is 0.207. The topological polar surface area (TPSA) is 76.1 Å². The maximum absolute atomic E-state index is 12.3. The standard InChI is InChI=1S/C18H23NO5/c1-18(17(21)22)7-8-19(12-18)16(20)6-4-13-3-5-14-15(11-13)24-10-2-9-23-14/h3,5,11H,2,4,6-10,12H2,1H3,(H,21,22)/t18-/m1/s1. The van der Waals surface area contributed by atoms with Gasteiger partial charge in [0.1, 0.15) is 0 Å². The van der Waals surface area contributed by atoms with Crippen LogP contribution in [0.5, 0.6) is 11.5 Å². The summed E-state index contributed by atoms with van der Waals surface area (Å²) in [6.45, 7) is 3.80. The van der Waals surface area contributed by atoms with E-state index in [1.807, 2.05) is 18.2 Å². The number of carboxylic acids is 1. The number of carbonyl (C=O) groups excluding carboxylic acids is 1. The number of likely N-dealkylation sites (tertiary alicyclic amines) is 1. The molecule has 6 heteroatoms. The van der Waals surface area contributed by atoms with Gasteiger partial charge in [-0.15, -0.1) is 0 Å². The van der Waals surface area contributed by atoms with Crippen molar-refractivity contribution in [1.29, 1.82) is 0 Å². The van der Waals surface area contributed by atoms with Gasteiger partial charge in [-0.25, -0.2) is 0 Å². The Morgan fingerprint density at radius 2 is 2.00 bits per heavy atom. The van der Waals surface area contributed by atoms with Gasteiger partial charge in [-0.1, -0.05) is 6.07 Å². The predicted octanol–water partition coefficient (Wildman–Crippen LogP) is 2.10. The minimum absolute atomic E-state index is 0.00656. The van der Waals surface area contributed by atoms with Gasteiger partial charge in [0.15, 0.2) is 11.5 Å². The Hall–Kier alpha value is -2.24. The number of rotatable bonds is 4. The fraction of sp³-hybridized carbons (Fsp3) is 0.556. The second-order valence-electron chi connectivity index (χ2n) is 6.76. The van der Waals surface area contributed by atoms with Gasteiger partial charge in [0.05, 0.1) is 18.6 Å². The SMILES string of the molecule is C[C@@]1(C(=O)O)CCN(C(=O)CCc2ccc3c(c2)OCCCO3)C1. The number of aliphatic carboxylic acids is 1. The van der Waals surface area contributed by atoms with Crippen LogP contribution in [0.25, 0.3) is 0 Å². The summed E-state index contributed by atoms with van der Waals surface area (Å²) in [6.07, 6.45) is 2.35. The van der Waals surface area contributed by atoms with Gasteiger partial charge < -0.3 is 19.5 Å². The van der Waals surface area contributed by atoms with Crippen LogP contribution in [0.3, 0.4) is 0 Å². The first-order valence-corrected chi connectivity index (χ1v) is 8.38. The molecule has 1 fully saturated rings. The number of amides is 1. The summed E-state index contributed by atoms with van der Waals surface area (Å²) in [5, 5.41) is 9.25. The number of fused-ring (bicyclic) bond motifs is 1. The fourth-order valence-electron chi connectivity index (χ4n) is 3.12. The first kappa shape index (κ1) is 16.6. The third-order valence-corrected chi connectivity index (χ3v) is 4.78. The van der Waals surface area contributed by atoms with Gasteiger partial charge in [0, 0.05) is 25.9 Å². The molecule has 0 saturated carbocycles. The third kappa shape index (κ3) is 3.47. The Bertz CT molecular complexity index is 644. The quantitative estimate of drug-likeness (QED) is 0.913. The molecular weight excluding hydrogens is 310 g/mol. The van der Waals surface area contributed by atoms with E-state index in [1.54, 1.807) is 11.8 Å². The number of hydrogen-bond donors (Lipinski definition) is 1. The molecule has 1 saturated heterocycles.